The molecule has 0 radical (unpaired) electrons. The Hall–Kier alpha value is -3.15. The highest BCUT2D eigenvalue weighted by Crippen LogP contribution is 2.28. The number of pyridine rings is 1. The number of amides is 1. The van der Waals surface area contributed by atoms with Crippen LogP contribution in [0.5, 0.6) is 11.5 Å². The molecule has 0 saturated heterocycles. The number of amidine groups is 1. The molecule has 1 aromatic heterocycles. The van der Waals surface area contributed by atoms with Crippen LogP contribution in [0.1, 0.15) is 11.1 Å². The molecule has 0 saturated carbocycles. The molecule has 6 heteroatoms. The topological polar surface area (TPSA) is 72.8 Å². The molecule has 3 rings (SSSR count). The van der Waals surface area contributed by atoms with Crippen LogP contribution in [0.3, 0.4) is 0 Å². The zero-order valence-corrected chi connectivity index (χ0v) is 12.7. The minimum Gasteiger partial charge on any atom is -0.493 e. The first kappa shape index (κ1) is 14.8. The number of aliphatic imine (C=N–C) groups is 1. The second-order valence-electron chi connectivity index (χ2n) is 4.79. The largest absolute Gasteiger partial charge is 0.493 e. The van der Waals surface area contributed by atoms with Gasteiger partial charge in [0.15, 0.2) is 11.5 Å². The Kier molecular flexibility index (Phi) is 4.05. The first-order chi connectivity index (χ1) is 11.2. The third-order valence-electron chi connectivity index (χ3n) is 3.36. The molecule has 116 valence electrons. The molecule has 1 amide bonds. The monoisotopic (exact) mass is 309 g/mol. The van der Waals surface area contributed by atoms with Gasteiger partial charge in [0, 0.05) is 18.0 Å². The summed E-state index contributed by atoms with van der Waals surface area (Å²) in [5.74, 6) is 1.44. The maximum Gasteiger partial charge on any atom is 0.275 e. The van der Waals surface area contributed by atoms with E-state index in [2.05, 4.69) is 15.3 Å². The highest BCUT2D eigenvalue weighted by atomic mass is 16.5. The summed E-state index contributed by atoms with van der Waals surface area (Å²) in [7, 11) is 3.13. The number of nitrogens with zero attached hydrogens (tertiary/aromatic N) is 2. The van der Waals surface area contributed by atoms with Gasteiger partial charge in [-0.15, -0.1) is 0 Å². The average Bonchev–Trinajstić information content (AvgIpc) is 2.96. The van der Waals surface area contributed by atoms with Crippen molar-refractivity contribution in [3.8, 4) is 11.5 Å². The summed E-state index contributed by atoms with van der Waals surface area (Å²) >= 11 is 0. The minimum absolute atomic E-state index is 0.244. The Morgan fingerprint density at radius 3 is 2.48 bits per heavy atom. The van der Waals surface area contributed by atoms with Crippen molar-refractivity contribution in [2.75, 3.05) is 14.2 Å². The van der Waals surface area contributed by atoms with E-state index >= 15 is 0 Å². The fourth-order valence-corrected chi connectivity index (χ4v) is 2.21. The summed E-state index contributed by atoms with van der Waals surface area (Å²) in [5, 5.41) is 2.76. The van der Waals surface area contributed by atoms with E-state index < -0.39 is 0 Å². The Morgan fingerprint density at radius 2 is 1.78 bits per heavy atom. The van der Waals surface area contributed by atoms with Crippen LogP contribution in [0, 0.1) is 0 Å². The molecule has 0 spiro atoms. The number of nitrogens with one attached hydrogen (secondary N) is 1. The summed E-state index contributed by atoms with van der Waals surface area (Å²) in [5.41, 5.74) is 1.96. The molecule has 1 N–H and O–H groups in total. The van der Waals surface area contributed by atoms with Crippen molar-refractivity contribution in [1.29, 1.82) is 0 Å². The van der Waals surface area contributed by atoms with Crippen molar-refractivity contribution in [3.05, 3.63) is 59.5 Å². The summed E-state index contributed by atoms with van der Waals surface area (Å²) in [6.07, 6.45) is 5.04. The van der Waals surface area contributed by atoms with Gasteiger partial charge in [-0.3, -0.25) is 9.78 Å². The van der Waals surface area contributed by atoms with Crippen LogP contribution in [0.2, 0.25) is 0 Å². The number of benzene rings is 1. The van der Waals surface area contributed by atoms with Crippen molar-refractivity contribution in [2.24, 2.45) is 4.99 Å². The van der Waals surface area contributed by atoms with E-state index in [1.54, 1.807) is 44.8 Å². The summed E-state index contributed by atoms with van der Waals surface area (Å²) in [4.78, 5) is 20.4. The van der Waals surface area contributed by atoms with E-state index in [1.165, 1.54) is 0 Å². The van der Waals surface area contributed by atoms with Gasteiger partial charge < -0.3 is 14.8 Å². The maximum absolute atomic E-state index is 12.1. The molecule has 0 aliphatic carbocycles. The smallest absolute Gasteiger partial charge is 0.275 e. The van der Waals surface area contributed by atoms with E-state index in [0.717, 1.165) is 11.1 Å². The van der Waals surface area contributed by atoms with Crippen LogP contribution in [-0.2, 0) is 4.79 Å². The Labute approximate surface area is 133 Å². The Bertz CT molecular complexity index is 798. The number of hydrogen-bond acceptors (Lipinski definition) is 5. The first-order valence-corrected chi connectivity index (χ1v) is 6.95. The van der Waals surface area contributed by atoms with E-state index in [4.69, 9.17) is 9.47 Å². The summed E-state index contributed by atoms with van der Waals surface area (Å²) < 4.78 is 10.5. The standard InChI is InChI=1S/C17H15N3O3/c1-22-14-4-3-12(10-15(14)23-2)16-19-13(17(21)20-16)9-11-5-7-18-8-6-11/h3-10H,1-2H3,(H,19,20,21)/b13-9+. The van der Waals surface area contributed by atoms with Crippen LogP contribution in [0.4, 0.5) is 0 Å². The van der Waals surface area contributed by atoms with Gasteiger partial charge in [0.25, 0.3) is 5.91 Å². The molecule has 0 atom stereocenters. The molecule has 6 nitrogen and oxygen atoms in total. The molecule has 0 fully saturated rings. The van der Waals surface area contributed by atoms with Gasteiger partial charge >= 0.3 is 0 Å². The number of methoxy groups -OCH3 is 2. The van der Waals surface area contributed by atoms with Gasteiger partial charge in [0.2, 0.25) is 0 Å². The SMILES string of the molecule is COc1ccc(C2=N/C(=C/c3ccncc3)C(=O)N2)cc1OC. The van der Waals surface area contributed by atoms with E-state index in [1.807, 2.05) is 18.2 Å². The van der Waals surface area contributed by atoms with E-state index in [9.17, 15) is 4.79 Å². The molecule has 1 aromatic carbocycles. The Balaban J connectivity index is 1.94. The molecule has 2 heterocycles. The predicted octanol–water partition coefficient (Wildman–Crippen LogP) is 2.02. The van der Waals surface area contributed by atoms with Crippen LogP contribution in [0.25, 0.3) is 6.08 Å². The lowest BCUT2D eigenvalue weighted by molar-refractivity contribution is -0.115. The molecule has 23 heavy (non-hydrogen) atoms. The number of hydrogen-bond donors (Lipinski definition) is 1. The van der Waals surface area contributed by atoms with Crippen molar-refractivity contribution in [3.63, 3.8) is 0 Å². The molecule has 1 aliphatic rings. The van der Waals surface area contributed by atoms with Crippen LogP contribution < -0.4 is 14.8 Å². The lowest BCUT2D eigenvalue weighted by Crippen LogP contribution is -2.24. The third kappa shape index (κ3) is 3.06. The highest BCUT2D eigenvalue weighted by Gasteiger charge is 2.22. The van der Waals surface area contributed by atoms with Gasteiger partial charge in [-0.1, -0.05) is 0 Å². The lowest BCUT2D eigenvalue weighted by atomic mass is 10.2. The third-order valence-corrected chi connectivity index (χ3v) is 3.36. The predicted molar refractivity (Wildman–Crippen MR) is 86.4 cm³/mol. The zero-order valence-electron chi connectivity index (χ0n) is 12.7. The van der Waals surface area contributed by atoms with Crippen molar-refractivity contribution < 1.29 is 14.3 Å². The lowest BCUT2D eigenvalue weighted by Gasteiger charge is -2.09. The normalized spacial score (nSPS) is 15.3. The van der Waals surface area contributed by atoms with Gasteiger partial charge in [-0.05, 0) is 42.0 Å². The molecule has 1 aliphatic heterocycles. The number of carbonyl (C=O) groups is 1. The van der Waals surface area contributed by atoms with E-state index in [0.29, 0.717) is 23.0 Å². The van der Waals surface area contributed by atoms with Crippen LogP contribution >= 0.6 is 0 Å². The van der Waals surface area contributed by atoms with Gasteiger partial charge in [-0.2, -0.15) is 0 Å². The van der Waals surface area contributed by atoms with Crippen LogP contribution in [-0.4, -0.2) is 30.9 Å². The zero-order chi connectivity index (χ0) is 16.2. The summed E-state index contributed by atoms with van der Waals surface area (Å²) in [6, 6.07) is 8.98. The first-order valence-electron chi connectivity index (χ1n) is 6.95. The molecular formula is C17H15N3O3. The van der Waals surface area contributed by atoms with Crippen molar-refractivity contribution in [1.82, 2.24) is 10.3 Å². The van der Waals surface area contributed by atoms with Gasteiger partial charge in [0.1, 0.15) is 11.5 Å². The molecule has 0 unspecified atom stereocenters. The fraction of sp³-hybridized carbons (Fsp3) is 0.118. The average molecular weight is 309 g/mol. The molecular weight excluding hydrogens is 294 g/mol. The highest BCUT2D eigenvalue weighted by molar-refractivity contribution is 6.19. The quantitative estimate of drug-likeness (QED) is 0.877. The number of rotatable bonds is 4. The van der Waals surface area contributed by atoms with Crippen molar-refractivity contribution in [2.45, 2.75) is 0 Å². The van der Waals surface area contributed by atoms with Crippen LogP contribution in [0.15, 0.2) is 53.4 Å². The number of ether oxygens (including phenoxy) is 2. The van der Waals surface area contributed by atoms with E-state index in [-0.39, 0.29) is 5.91 Å². The fourth-order valence-electron chi connectivity index (χ4n) is 2.21. The molecule has 0 bridgehead atoms. The second kappa shape index (κ2) is 6.31. The summed E-state index contributed by atoms with van der Waals surface area (Å²) in [6.45, 7) is 0. The number of aromatic nitrogens is 1. The second-order valence-corrected chi connectivity index (χ2v) is 4.79. The van der Waals surface area contributed by atoms with Gasteiger partial charge in [0.05, 0.1) is 14.2 Å². The molecule has 2 aromatic rings. The number of carbonyl (C=O) groups excluding carboxylic acids is 1. The Morgan fingerprint density at radius 1 is 1.04 bits per heavy atom. The minimum atomic E-state index is -0.244. The maximum atomic E-state index is 12.1. The van der Waals surface area contributed by atoms with Gasteiger partial charge in [-0.25, -0.2) is 4.99 Å². The van der Waals surface area contributed by atoms with Crippen molar-refractivity contribution >= 4 is 17.8 Å².